The first-order chi connectivity index (χ1) is 5.92. The molecule has 0 bridgehead atoms. The van der Waals surface area contributed by atoms with E-state index in [1.165, 1.54) is 11.1 Å². The molecule has 0 fully saturated rings. The molecule has 0 saturated heterocycles. The first-order valence-electron chi connectivity index (χ1n) is 4.07. The zero-order valence-electron chi connectivity index (χ0n) is 6.71. The molecule has 0 spiro atoms. The van der Waals surface area contributed by atoms with Gasteiger partial charge in [-0.25, -0.2) is 0 Å². The average Bonchev–Trinajstić information content (AvgIpc) is 2.53. The molecule has 1 aliphatic rings. The van der Waals surface area contributed by atoms with Crippen molar-refractivity contribution in [2.45, 2.75) is 12.8 Å². The van der Waals surface area contributed by atoms with E-state index in [2.05, 4.69) is 17.8 Å². The second-order valence-electron chi connectivity index (χ2n) is 2.88. The Kier molecular flexibility index (Phi) is 1.82. The molecule has 2 rings (SSSR count). The van der Waals surface area contributed by atoms with Gasteiger partial charge in [0.1, 0.15) is 0 Å². The van der Waals surface area contributed by atoms with Crippen LogP contribution in [0.15, 0.2) is 18.2 Å². The fraction of sp³-hybridized carbons (Fsp3) is 0.200. The van der Waals surface area contributed by atoms with Crippen LogP contribution in [0.5, 0.6) is 0 Å². The zero-order chi connectivity index (χ0) is 8.39. The highest BCUT2D eigenvalue weighted by Gasteiger charge is 2.13. The Morgan fingerprint density at radius 3 is 3.17 bits per heavy atom. The number of fused-ring (bicyclic) bond motifs is 1. The summed E-state index contributed by atoms with van der Waals surface area (Å²) in [6.07, 6.45) is 5.08. The van der Waals surface area contributed by atoms with Crippen LogP contribution in [-0.4, -0.2) is 6.41 Å². The van der Waals surface area contributed by atoms with Crippen molar-refractivity contribution in [1.29, 1.82) is 0 Å². The van der Waals surface area contributed by atoms with E-state index in [4.69, 9.17) is 0 Å². The number of aryl methyl sites for hydroxylation is 1. The molecule has 1 radical (unpaired) electrons. The van der Waals surface area contributed by atoms with Crippen molar-refractivity contribution in [3.05, 3.63) is 35.7 Å². The maximum atomic E-state index is 10.2. The van der Waals surface area contributed by atoms with Crippen LogP contribution in [0.2, 0.25) is 0 Å². The zero-order valence-corrected chi connectivity index (χ0v) is 6.71. The Balaban J connectivity index is 2.42. The van der Waals surface area contributed by atoms with Gasteiger partial charge in [0.05, 0.1) is 0 Å². The number of hydrogen-bond acceptors (Lipinski definition) is 1. The summed E-state index contributed by atoms with van der Waals surface area (Å²) < 4.78 is 0. The number of amides is 1. The molecular formula is C10H10NO. The van der Waals surface area contributed by atoms with Gasteiger partial charge in [-0.15, -0.1) is 0 Å². The monoisotopic (exact) mass is 160 g/mol. The van der Waals surface area contributed by atoms with Crippen LogP contribution in [-0.2, 0) is 11.2 Å². The molecule has 0 atom stereocenters. The van der Waals surface area contributed by atoms with E-state index < -0.39 is 0 Å². The fourth-order valence-electron chi connectivity index (χ4n) is 1.63. The minimum atomic E-state index is 0.724. The smallest absolute Gasteiger partial charge is 0.211 e. The Labute approximate surface area is 71.6 Å². The highest BCUT2D eigenvalue weighted by atomic mass is 16.1. The van der Waals surface area contributed by atoms with Gasteiger partial charge in [0, 0.05) is 5.69 Å². The largest absolute Gasteiger partial charge is 0.328 e. The topological polar surface area (TPSA) is 29.1 Å². The maximum absolute atomic E-state index is 10.2. The van der Waals surface area contributed by atoms with Crippen molar-refractivity contribution in [2.75, 3.05) is 5.32 Å². The van der Waals surface area contributed by atoms with E-state index in [0.29, 0.717) is 0 Å². The molecule has 0 saturated carbocycles. The summed E-state index contributed by atoms with van der Waals surface area (Å²) in [6.45, 7) is 0. The molecule has 1 amide bonds. The van der Waals surface area contributed by atoms with Crippen LogP contribution in [0, 0.1) is 6.42 Å². The van der Waals surface area contributed by atoms with E-state index in [1.807, 2.05) is 12.1 Å². The Bertz CT molecular complexity index is 307. The Morgan fingerprint density at radius 2 is 2.33 bits per heavy atom. The summed E-state index contributed by atoms with van der Waals surface area (Å²) >= 11 is 0. The Morgan fingerprint density at radius 1 is 1.42 bits per heavy atom. The molecule has 2 nitrogen and oxygen atoms in total. The van der Waals surface area contributed by atoms with Gasteiger partial charge in [0.15, 0.2) is 0 Å². The quantitative estimate of drug-likeness (QED) is 0.656. The summed E-state index contributed by atoms with van der Waals surface area (Å²) in [5.74, 6) is 0. The lowest BCUT2D eigenvalue weighted by molar-refractivity contribution is -0.105. The third kappa shape index (κ3) is 1.09. The molecule has 0 aliphatic heterocycles. The van der Waals surface area contributed by atoms with Gasteiger partial charge < -0.3 is 5.32 Å². The summed E-state index contributed by atoms with van der Waals surface area (Å²) in [7, 11) is 0. The lowest BCUT2D eigenvalue weighted by Gasteiger charge is -2.05. The van der Waals surface area contributed by atoms with E-state index in [0.717, 1.165) is 24.9 Å². The lowest BCUT2D eigenvalue weighted by atomic mass is 10.1. The molecule has 2 heteroatoms. The number of anilines is 1. The number of nitrogens with one attached hydrogen (secondary N) is 1. The first kappa shape index (κ1) is 7.35. The molecular weight excluding hydrogens is 150 g/mol. The minimum Gasteiger partial charge on any atom is -0.328 e. The highest BCUT2D eigenvalue weighted by molar-refractivity contribution is 5.75. The number of benzene rings is 1. The number of hydrogen-bond donors (Lipinski definition) is 1. The van der Waals surface area contributed by atoms with Gasteiger partial charge in [-0.1, -0.05) is 12.1 Å². The maximum Gasteiger partial charge on any atom is 0.211 e. The normalized spacial score (nSPS) is 14.0. The molecule has 0 unspecified atom stereocenters. The van der Waals surface area contributed by atoms with E-state index in [-0.39, 0.29) is 0 Å². The van der Waals surface area contributed by atoms with Crippen molar-refractivity contribution in [2.24, 2.45) is 0 Å². The first-order valence-corrected chi connectivity index (χ1v) is 4.07. The van der Waals surface area contributed by atoms with Crippen molar-refractivity contribution in [3.8, 4) is 0 Å². The standard InChI is InChI=1S/C10H10NO/c12-7-11-10-6-2-4-8-3-1-5-9(8)10/h2,4-7H,1,3H2,(H,11,12). The van der Waals surface area contributed by atoms with Gasteiger partial charge in [-0.05, 0) is 36.5 Å². The summed E-state index contributed by atoms with van der Waals surface area (Å²) in [5.41, 5.74) is 3.46. The Hall–Kier alpha value is -1.31. The number of rotatable bonds is 2. The highest BCUT2D eigenvalue weighted by Crippen LogP contribution is 2.29. The predicted molar refractivity (Wildman–Crippen MR) is 47.9 cm³/mol. The van der Waals surface area contributed by atoms with Gasteiger partial charge in [0.25, 0.3) is 0 Å². The summed E-state index contributed by atoms with van der Waals surface area (Å²) in [4.78, 5) is 10.2. The van der Waals surface area contributed by atoms with Gasteiger partial charge in [-0.2, -0.15) is 0 Å². The predicted octanol–water partition coefficient (Wildman–Crippen LogP) is 1.75. The minimum absolute atomic E-state index is 0.724. The van der Waals surface area contributed by atoms with Crippen molar-refractivity contribution >= 4 is 12.1 Å². The van der Waals surface area contributed by atoms with E-state index in [9.17, 15) is 4.79 Å². The molecule has 0 aromatic heterocycles. The van der Waals surface area contributed by atoms with Crippen molar-refractivity contribution in [3.63, 3.8) is 0 Å². The SMILES string of the molecule is O=CNc1cccc2c1[CH]CC2. The second kappa shape index (κ2) is 2.97. The summed E-state index contributed by atoms with van der Waals surface area (Å²) in [5, 5.41) is 2.70. The van der Waals surface area contributed by atoms with E-state index in [1.54, 1.807) is 0 Å². The average molecular weight is 160 g/mol. The van der Waals surface area contributed by atoms with Crippen LogP contribution < -0.4 is 5.32 Å². The number of carbonyl (C=O) groups excluding carboxylic acids is 1. The molecule has 61 valence electrons. The van der Waals surface area contributed by atoms with Gasteiger partial charge in [-0.3, -0.25) is 4.79 Å². The van der Waals surface area contributed by atoms with Crippen molar-refractivity contribution in [1.82, 2.24) is 0 Å². The molecule has 0 heterocycles. The van der Waals surface area contributed by atoms with Gasteiger partial charge >= 0.3 is 0 Å². The summed E-state index contributed by atoms with van der Waals surface area (Å²) in [6, 6.07) is 6.01. The van der Waals surface area contributed by atoms with Crippen LogP contribution >= 0.6 is 0 Å². The molecule has 1 aromatic rings. The fourth-order valence-corrected chi connectivity index (χ4v) is 1.63. The number of carbonyl (C=O) groups is 1. The van der Waals surface area contributed by atoms with Gasteiger partial charge in [0.2, 0.25) is 6.41 Å². The van der Waals surface area contributed by atoms with Crippen LogP contribution in [0.3, 0.4) is 0 Å². The second-order valence-corrected chi connectivity index (χ2v) is 2.88. The third-order valence-electron chi connectivity index (χ3n) is 2.17. The molecule has 1 N–H and O–H groups in total. The molecule has 12 heavy (non-hydrogen) atoms. The molecule has 1 aromatic carbocycles. The molecule has 1 aliphatic carbocycles. The third-order valence-corrected chi connectivity index (χ3v) is 2.17. The van der Waals surface area contributed by atoms with Crippen LogP contribution in [0.25, 0.3) is 0 Å². The van der Waals surface area contributed by atoms with Crippen LogP contribution in [0.4, 0.5) is 5.69 Å². The van der Waals surface area contributed by atoms with Crippen molar-refractivity contribution < 1.29 is 4.79 Å². The van der Waals surface area contributed by atoms with Crippen LogP contribution in [0.1, 0.15) is 17.5 Å². The van der Waals surface area contributed by atoms with E-state index >= 15 is 0 Å². The lowest BCUT2D eigenvalue weighted by Crippen LogP contribution is -1.97.